The van der Waals surface area contributed by atoms with E-state index in [0.29, 0.717) is 5.03 Å². The molecule has 84 valence electrons. The van der Waals surface area contributed by atoms with Crippen LogP contribution in [-0.2, 0) is 14.1 Å². The third-order valence-corrected chi connectivity index (χ3v) is 3.11. The molecule has 0 aliphatic carbocycles. The monoisotopic (exact) mass is 228 g/mol. The minimum Gasteiger partial charge on any atom is -0.291 e. The van der Waals surface area contributed by atoms with Crippen LogP contribution in [0.25, 0.3) is 0 Å². The molecule has 1 rings (SSSR count). The molecule has 1 aromatic heterocycles. The van der Waals surface area contributed by atoms with Crippen molar-refractivity contribution in [3.8, 4) is 0 Å². The Morgan fingerprint density at radius 3 is 2.13 bits per heavy atom. The van der Waals surface area contributed by atoms with Crippen molar-refractivity contribution < 1.29 is 0 Å². The van der Waals surface area contributed by atoms with Gasteiger partial charge in [0, 0.05) is 24.9 Å². The van der Waals surface area contributed by atoms with Gasteiger partial charge in [0.1, 0.15) is 0 Å². The van der Waals surface area contributed by atoms with Crippen LogP contribution in [0.2, 0.25) is 0 Å². The Bertz CT molecular complexity index is 480. The molecule has 0 N–H and O–H groups in total. The lowest BCUT2D eigenvalue weighted by molar-refractivity contribution is 0.632. The molecule has 1 heterocycles. The van der Waals surface area contributed by atoms with Crippen LogP contribution in [0.3, 0.4) is 0 Å². The third-order valence-electron chi connectivity index (χ3n) is 1.89. The molecule has 1 aromatic rings. The van der Waals surface area contributed by atoms with Gasteiger partial charge in [0.05, 0.1) is 5.03 Å². The van der Waals surface area contributed by atoms with E-state index in [2.05, 4.69) is 0 Å². The van der Waals surface area contributed by atoms with Crippen LogP contribution in [0.4, 0.5) is 0 Å². The van der Waals surface area contributed by atoms with Gasteiger partial charge in [0.15, 0.2) is 0 Å². The zero-order valence-electron chi connectivity index (χ0n) is 9.70. The molecule has 5 heteroatoms. The van der Waals surface area contributed by atoms with Crippen molar-refractivity contribution in [2.45, 2.75) is 30.5 Å². The molecule has 0 spiro atoms. The molecule has 0 unspecified atom stereocenters. The van der Waals surface area contributed by atoms with Gasteiger partial charge < -0.3 is 0 Å². The van der Waals surface area contributed by atoms with Crippen LogP contribution < -0.4 is 11.2 Å². The lowest BCUT2D eigenvalue weighted by Crippen LogP contribution is -2.37. The highest BCUT2D eigenvalue weighted by atomic mass is 32.2. The van der Waals surface area contributed by atoms with Crippen molar-refractivity contribution in [3.05, 3.63) is 26.9 Å². The maximum absolute atomic E-state index is 11.6. The molecule has 0 saturated carbocycles. The molecule has 4 nitrogen and oxygen atoms in total. The normalized spacial score (nSPS) is 11.8. The van der Waals surface area contributed by atoms with E-state index in [4.69, 9.17) is 0 Å². The molecule has 0 radical (unpaired) electrons. The molecule has 0 atom stereocenters. The smallest absolute Gasteiger partial charge is 0.291 e. The molecular weight excluding hydrogens is 212 g/mol. The van der Waals surface area contributed by atoms with E-state index in [1.54, 1.807) is 7.05 Å². The number of aromatic nitrogens is 2. The van der Waals surface area contributed by atoms with Gasteiger partial charge in [-0.3, -0.25) is 13.9 Å². The summed E-state index contributed by atoms with van der Waals surface area (Å²) in [6, 6.07) is 1.50. The number of thioether (sulfide) groups is 1. The largest absolute Gasteiger partial charge is 0.331 e. The highest BCUT2D eigenvalue weighted by molar-refractivity contribution is 8.00. The summed E-state index contributed by atoms with van der Waals surface area (Å²) in [5.41, 5.74) is -0.542. The number of hydrogen-bond acceptors (Lipinski definition) is 3. The molecule has 0 bridgehead atoms. The van der Waals surface area contributed by atoms with Crippen LogP contribution in [0, 0.1) is 0 Å². The fourth-order valence-corrected chi connectivity index (χ4v) is 2.13. The van der Waals surface area contributed by atoms with Crippen LogP contribution in [-0.4, -0.2) is 13.9 Å². The Morgan fingerprint density at radius 2 is 1.67 bits per heavy atom. The highest BCUT2D eigenvalue weighted by Gasteiger charge is 2.15. The van der Waals surface area contributed by atoms with E-state index in [1.165, 1.54) is 29.4 Å². The van der Waals surface area contributed by atoms with E-state index < -0.39 is 0 Å². The molecule has 0 aromatic carbocycles. The van der Waals surface area contributed by atoms with E-state index in [1.807, 2.05) is 20.8 Å². The Morgan fingerprint density at radius 1 is 1.13 bits per heavy atom. The molecule has 0 aliphatic heterocycles. The number of rotatable bonds is 1. The van der Waals surface area contributed by atoms with Crippen molar-refractivity contribution >= 4 is 11.8 Å². The summed E-state index contributed by atoms with van der Waals surface area (Å²) in [4.78, 5) is 23.0. The molecular formula is C10H16N2O2S. The van der Waals surface area contributed by atoms with E-state index in [9.17, 15) is 9.59 Å². The van der Waals surface area contributed by atoms with Gasteiger partial charge in [-0.2, -0.15) is 0 Å². The summed E-state index contributed by atoms with van der Waals surface area (Å²) in [6.45, 7) is 6.12. The standard InChI is InChI=1S/C10H16N2O2S/c1-10(2,3)15-8-6-7(13)11(4)9(14)12(8)5/h6H,1-5H3. The first-order valence-corrected chi connectivity index (χ1v) is 5.50. The summed E-state index contributed by atoms with van der Waals surface area (Å²) in [7, 11) is 3.16. The van der Waals surface area contributed by atoms with Crippen LogP contribution in [0.5, 0.6) is 0 Å². The second kappa shape index (κ2) is 3.89. The Kier molecular flexibility index (Phi) is 3.13. The maximum Gasteiger partial charge on any atom is 0.331 e. The maximum atomic E-state index is 11.6. The Hall–Kier alpha value is -0.970. The zero-order valence-corrected chi connectivity index (χ0v) is 10.5. The average molecular weight is 228 g/mol. The van der Waals surface area contributed by atoms with Crippen LogP contribution in [0.1, 0.15) is 20.8 Å². The second-order valence-electron chi connectivity index (χ2n) is 4.44. The third kappa shape index (κ3) is 2.75. The van der Waals surface area contributed by atoms with Gasteiger partial charge >= 0.3 is 5.69 Å². The van der Waals surface area contributed by atoms with Gasteiger partial charge in [-0.1, -0.05) is 20.8 Å². The topological polar surface area (TPSA) is 44.0 Å². The van der Waals surface area contributed by atoms with Gasteiger partial charge in [-0.25, -0.2) is 4.79 Å². The number of hydrogen-bond donors (Lipinski definition) is 0. The molecule has 15 heavy (non-hydrogen) atoms. The minimum absolute atomic E-state index is 0.0173. The van der Waals surface area contributed by atoms with E-state index in [-0.39, 0.29) is 16.0 Å². The summed E-state index contributed by atoms with van der Waals surface area (Å²) >= 11 is 1.51. The van der Waals surface area contributed by atoms with Crippen LogP contribution in [0.15, 0.2) is 20.7 Å². The zero-order chi connectivity index (χ0) is 11.8. The Labute approximate surface area is 92.9 Å². The average Bonchev–Trinajstić information content (AvgIpc) is 2.08. The Balaban J connectivity index is 3.34. The summed E-state index contributed by atoms with van der Waals surface area (Å²) in [5, 5.41) is 0.704. The fourth-order valence-electron chi connectivity index (χ4n) is 1.12. The van der Waals surface area contributed by atoms with Gasteiger partial charge in [0.25, 0.3) is 5.56 Å². The predicted octanol–water partition coefficient (Wildman–Crippen LogP) is 0.975. The number of nitrogens with zero attached hydrogens (tertiary/aromatic N) is 2. The highest BCUT2D eigenvalue weighted by Crippen LogP contribution is 2.29. The summed E-state index contributed by atoms with van der Waals surface area (Å²) in [6.07, 6.45) is 0. The van der Waals surface area contributed by atoms with Crippen molar-refractivity contribution in [1.29, 1.82) is 0 Å². The lowest BCUT2D eigenvalue weighted by atomic mass is 10.3. The lowest BCUT2D eigenvalue weighted by Gasteiger charge is -2.19. The summed E-state index contributed by atoms with van der Waals surface area (Å²) in [5.74, 6) is 0. The molecule has 0 fully saturated rings. The first-order chi connectivity index (χ1) is 6.72. The SMILES string of the molecule is Cn1c(SC(C)(C)C)cc(=O)n(C)c1=O. The summed E-state index contributed by atoms with van der Waals surface area (Å²) < 4.78 is 2.58. The first kappa shape index (κ1) is 12.1. The van der Waals surface area contributed by atoms with Crippen molar-refractivity contribution in [1.82, 2.24) is 9.13 Å². The van der Waals surface area contributed by atoms with Crippen LogP contribution >= 0.6 is 11.8 Å². The quantitative estimate of drug-likeness (QED) is 0.531. The van der Waals surface area contributed by atoms with Gasteiger partial charge in [0.2, 0.25) is 0 Å². The second-order valence-corrected chi connectivity index (χ2v) is 6.28. The molecule has 0 amide bonds. The van der Waals surface area contributed by atoms with Crippen molar-refractivity contribution in [3.63, 3.8) is 0 Å². The predicted molar refractivity (Wildman–Crippen MR) is 62.5 cm³/mol. The first-order valence-electron chi connectivity index (χ1n) is 4.68. The minimum atomic E-state index is -0.283. The van der Waals surface area contributed by atoms with Gasteiger partial charge in [-0.15, -0.1) is 11.8 Å². The van der Waals surface area contributed by atoms with E-state index >= 15 is 0 Å². The molecule has 0 saturated heterocycles. The van der Waals surface area contributed by atoms with E-state index in [0.717, 1.165) is 4.57 Å². The van der Waals surface area contributed by atoms with Gasteiger partial charge in [-0.05, 0) is 0 Å². The van der Waals surface area contributed by atoms with Crippen molar-refractivity contribution in [2.24, 2.45) is 14.1 Å². The fraction of sp³-hybridized carbons (Fsp3) is 0.600. The molecule has 0 aliphatic rings. The van der Waals surface area contributed by atoms with Crippen molar-refractivity contribution in [2.75, 3.05) is 0 Å².